The molecule has 1 aromatic carbocycles. The molecule has 1 aliphatic heterocycles. The summed E-state index contributed by atoms with van der Waals surface area (Å²) in [6.45, 7) is 2.71. The van der Waals surface area contributed by atoms with Gasteiger partial charge in [-0.3, -0.25) is 4.79 Å². The number of allylic oxidation sites excluding steroid dienone is 2. The first-order valence-electron chi connectivity index (χ1n) is 8.43. The minimum absolute atomic E-state index is 0.0295. The normalized spacial score (nSPS) is 19.2. The number of imidazole rings is 1. The van der Waals surface area contributed by atoms with Crippen LogP contribution in [0, 0.1) is 12.8 Å². The van der Waals surface area contributed by atoms with Crippen LogP contribution in [0.15, 0.2) is 48.9 Å². The van der Waals surface area contributed by atoms with Gasteiger partial charge in [0.1, 0.15) is 5.82 Å². The van der Waals surface area contributed by atoms with Crippen molar-refractivity contribution < 1.29 is 9.36 Å². The lowest BCUT2D eigenvalue weighted by Crippen LogP contribution is -2.34. The number of hydrogen-bond acceptors (Lipinski definition) is 2. The average Bonchev–Trinajstić information content (AvgIpc) is 3.15. The maximum absolute atomic E-state index is 13.2. The van der Waals surface area contributed by atoms with E-state index < -0.39 is 0 Å². The number of rotatable bonds is 2. The van der Waals surface area contributed by atoms with Crippen LogP contribution in [0.1, 0.15) is 24.2 Å². The minimum Gasteiger partial charge on any atom is -0.334 e. The molecule has 5 rings (SSSR count). The Labute approximate surface area is 140 Å². The predicted molar refractivity (Wildman–Crippen MR) is 91.9 cm³/mol. The fourth-order valence-electron chi connectivity index (χ4n) is 4.15. The van der Waals surface area contributed by atoms with E-state index in [2.05, 4.69) is 50.6 Å². The summed E-state index contributed by atoms with van der Waals surface area (Å²) >= 11 is 0. The number of ketones is 1. The van der Waals surface area contributed by atoms with Crippen molar-refractivity contribution in [3.63, 3.8) is 0 Å². The number of fused-ring (bicyclic) bond motifs is 2. The smallest absolute Gasteiger partial charge is 0.226 e. The Morgan fingerprint density at radius 2 is 2.17 bits per heavy atom. The summed E-state index contributed by atoms with van der Waals surface area (Å²) in [5.41, 5.74) is 4.38. The average molecular weight is 316 g/mol. The van der Waals surface area contributed by atoms with Gasteiger partial charge in [-0.25, -0.2) is 4.98 Å². The molecule has 1 atom stereocenters. The van der Waals surface area contributed by atoms with E-state index in [0.29, 0.717) is 0 Å². The summed E-state index contributed by atoms with van der Waals surface area (Å²) < 4.78 is 4.31. The summed E-state index contributed by atoms with van der Waals surface area (Å²) in [6, 6.07) is 10.4. The van der Waals surface area contributed by atoms with Crippen LogP contribution in [-0.4, -0.2) is 15.3 Å². The lowest BCUT2D eigenvalue weighted by atomic mass is 9.83. The Morgan fingerprint density at radius 1 is 1.29 bits per heavy atom. The summed E-state index contributed by atoms with van der Waals surface area (Å²) in [7, 11) is 0. The maximum atomic E-state index is 13.2. The zero-order valence-electron chi connectivity index (χ0n) is 13.6. The van der Waals surface area contributed by atoms with Crippen LogP contribution in [-0.2, 0) is 11.3 Å². The van der Waals surface area contributed by atoms with Crippen LogP contribution in [0.2, 0.25) is 0 Å². The first kappa shape index (κ1) is 13.7. The van der Waals surface area contributed by atoms with Gasteiger partial charge in [-0.15, -0.1) is 0 Å². The molecular formula is C20H18N3O+. The van der Waals surface area contributed by atoms with Gasteiger partial charge in [-0.05, 0) is 31.5 Å². The van der Waals surface area contributed by atoms with Crippen molar-refractivity contribution in [3.05, 3.63) is 60.3 Å². The van der Waals surface area contributed by atoms with E-state index in [1.807, 2.05) is 13.1 Å². The van der Waals surface area contributed by atoms with Crippen LogP contribution >= 0.6 is 0 Å². The number of aromatic nitrogens is 3. The number of carbonyl (C=O) groups is 1. The van der Waals surface area contributed by atoms with E-state index in [4.69, 9.17) is 0 Å². The Morgan fingerprint density at radius 3 is 3.00 bits per heavy atom. The van der Waals surface area contributed by atoms with E-state index in [0.717, 1.165) is 36.3 Å². The number of pyridine rings is 1. The first-order valence-corrected chi connectivity index (χ1v) is 8.43. The van der Waals surface area contributed by atoms with Gasteiger partial charge in [0.25, 0.3) is 0 Å². The standard InChI is InChI=1S/C20H18N3O/c1-13-21-9-11-22(13)12-15-7-8-17-18(20(15)24)16-6-2-4-14-5-3-10-23(17)19(14)16/h2-6,9-11,15H,7-8,12H2,1H3/q+1/t15-/m1/s1. The Kier molecular flexibility index (Phi) is 2.77. The zero-order chi connectivity index (χ0) is 16.3. The van der Waals surface area contributed by atoms with E-state index >= 15 is 0 Å². The summed E-state index contributed by atoms with van der Waals surface area (Å²) in [5.74, 6) is 1.27. The fourth-order valence-corrected chi connectivity index (χ4v) is 4.15. The number of benzene rings is 1. The van der Waals surface area contributed by atoms with Gasteiger partial charge in [0.2, 0.25) is 5.52 Å². The Hall–Kier alpha value is -2.75. The molecule has 2 aromatic heterocycles. The molecule has 0 unspecified atom stereocenters. The Balaban J connectivity index is 1.60. The second kappa shape index (κ2) is 4.87. The predicted octanol–water partition coefficient (Wildman–Crippen LogP) is 2.99. The van der Waals surface area contributed by atoms with Crippen LogP contribution < -0.4 is 4.57 Å². The molecule has 3 heterocycles. The summed E-state index contributed by atoms with van der Waals surface area (Å²) in [5, 5.41) is 1.19. The van der Waals surface area contributed by atoms with Crippen molar-refractivity contribution in [2.45, 2.75) is 26.3 Å². The molecular weight excluding hydrogens is 298 g/mol. The molecule has 1 aliphatic carbocycles. The third kappa shape index (κ3) is 1.77. The van der Waals surface area contributed by atoms with E-state index in [1.165, 1.54) is 16.6 Å². The SMILES string of the molecule is Cc1nccn1C[C@H]1CCC2=C(C1=O)c1cccc3ccc[n+]2c13. The Bertz CT molecular complexity index is 1020. The van der Waals surface area contributed by atoms with Gasteiger partial charge in [0.05, 0.1) is 11.1 Å². The molecule has 0 fully saturated rings. The van der Waals surface area contributed by atoms with Crippen LogP contribution in [0.4, 0.5) is 0 Å². The van der Waals surface area contributed by atoms with Crippen molar-refractivity contribution >= 4 is 28.0 Å². The highest BCUT2D eigenvalue weighted by Crippen LogP contribution is 2.40. The molecule has 0 bridgehead atoms. The van der Waals surface area contributed by atoms with Crippen molar-refractivity contribution in [2.75, 3.05) is 0 Å². The molecule has 0 saturated carbocycles. The molecule has 0 saturated heterocycles. The van der Waals surface area contributed by atoms with E-state index in [9.17, 15) is 4.79 Å². The quantitative estimate of drug-likeness (QED) is 0.682. The fraction of sp³-hybridized carbons (Fsp3) is 0.250. The van der Waals surface area contributed by atoms with Crippen molar-refractivity contribution in [1.29, 1.82) is 0 Å². The number of para-hydroxylation sites is 1. The van der Waals surface area contributed by atoms with Gasteiger partial charge < -0.3 is 4.57 Å². The van der Waals surface area contributed by atoms with Gasteiger partial charge >= 0.3 is 0 Å². The minimum atomic E-state index is 0.0295. The monoisotopic (exact) mass is 316 g/mol. The maximum Gasteiger partial charge on any atom is 0.226 e. The molecule has 4 nitrogen and oxygen atoms in total. The molecule has 0 spiro atoms. The third-order valence-electron chi connectivity index (χ3n) is 5.36. The number of nitrogens with zero attached hydrogens (tertiary/aromatic N) is 3. The molecule has 3 aromatic rings. The first-order chi connectivity index (χ1) is 11.7. The van der Waals surface area contributed by atoms with E-state index in [-0.39, 0.29) is 11.7 Å². The van der Waals surface area contributed by atoms with Crippen LogP contribution in [0.3, 0.4) is 0 Å². The number of hydrogen-bond donors (Lipinski definition) is 0. The second-order valence-electron chi connectivity index (χ2n) is 6.67. The number of carbonyl (C=O) groups excluding carboxylic acids is 1. The highest BCUT2D eigenvalue weighted by molar-refractivity contribution is 6.30. The van der Waals surface area contributed by atoms with Gasteiger partial charge in [0.15, 0.2) is 17.7 Å². The van der Waals surface area contributed by atoms with Gasteiger partial charge in [-0.1, -0.05) is 6.07 Å². The van der Waals surface area contributed by atoms with Gasteiger partial charge in [0, 0.05) is 42.7 Å². The lowest BCUT2D eigenvalue weighted by Gasteiger charge is -2.21. The highest BCUT2D eigenvalue weighted by atomic mass is 16.1. The summed E-state index contributed by atoms with van der Waals surface area (Å²) in [4.78, 5) is 17.5. The van der Waals surface area contributed by atoms with Crippen molar-refractivity contribution in [2.24, 2.45) is 5.92 Å². The van der Waals surface area contributed by atoms with E-state index in [1.54, 1.807) is 6.20 Å². The topological polar surface area (TPSA) is 38.8 Å². The third-order valence-corrected chi connectivity index (χ3v) is 5.36. The lowest BCUT2D eigenvalue weighted by molar-refractivity contribution is -0.551. The van der Waals surface area contributed by atoms with Crippen molar-refractivity contribution in [3.8, 4) is 0 Å². The highest BCUT2D eigenvalue weighted by Gasteiger charge is 2.41. The molecule has 4 heteroatoms. The molecule has 2 aliphatic rings. The van der Waals surface area contributed by atoms with Crippen molar-refractivity contribution in [1.82, 2.24) is 9.55 Å². The summed E-state index contributed by atoms with van der Waals surface area (Å²) in [6.07, 6.45) is 7.69. The molecule has 0 radical (unpaired) electrons. The molecule has 0 N–H and O–H groups in total. The molecule has 24 heavy (non-hydrogen) atoms. The number of Topliss-reactive ketones (excluding diaryl/α,β-unsaturated/α-hetero) is 1. The molecule has 118 valence electrons. The second-order valence-corrected chi connectivity index (χ2v) is 6.67. The largest absolute Gasteiger partial charge is 0.334 e. The van der Waals surface area contributed by atoms with Crippen LogP contribution in [0.5, 0.6) is 0 Å². The van der Waals surface area contributed by atoms with Crippen LogP contribution in [0.25, 0.3) is 22.2 Å². The zero-order valence-corrected chi connectivity index (χ0v) is 13.6. The molecule has 0 amide bonds. The van der Waals surface area contributed by atoms with Gasteiger partial charge in [-0.2, -0.15) is 4.57 Å². The number of aryl methyl sites for hydroxylation is 1.